The Hall–Kier alpha value is -2.42. The van der Waals surface area contributed by atoms with Crippen LogP contribution in [-0.4, -0.2) is 88.9 Å². The van der Waals surface area contributed by atoms with Crippen molar-refractivity contribution in [3.05, 3.63) is 25.3 Å². The van der Waals surface area contributed by atoms with E-state index in [0.29, 0.717) is 22.3 Å². The molecule has 0 spiro atoms. The maximum Gasteiger partial charge on any atom is 0.386 e. The number of fused-ring (bicyclic) bond motifs is 4. The van der Waals surface area contributed by atoms with Crippen LogP contribution in [0.3, 0.4) is 0 Å². The highest BCUT2D eigenvalue weighted by Gasteiger charge is 2.65. The Bertz CT molecular complexity index is 1880. The van der Waals surface area contributed by atoms with Crippen LogP contribution in [-0.2, 0) is 41.4 Å². The Morgan fingerprint density at radius 3 is 2.16 bits per heavy atom. The maximum absolute atomic E-state index is 13.7. The molecule has 0 amide bonds. The molecular weight excluding hydrogens is 662 g/mol. The van der Waals surface area contributed by atoms with Crippen LogP contribution in [0.1, 0.15) is 18.9 Å². The topological polar surface area (TPSA) is 238 Å². The Balaban J connectivity index is 1.12. The standard InChI is InChI=1S/C21H24N10O9P2S2/c22-15-11-17(26-5-24-15)30(7-28-11)19-10-1-9(37-19)2-35-41(32,43)40-14-13-20(31-8-29-12-16(23)25-6-27-18(12)31)38-21(14,3-34-13)4-36-42(33,44)39-10/h5-10,13-14,19-20H,1-4H2,(H,32,43)(H,33,44)(H2,22,24,26)(H2,23,25,27)/t9?,10-,13-,14+,19-,20-,21-,41-,42+/m1/s1. The van der Waals surface area contributed by atoms with E-state index in [1.807, 2.05) is 0 Å². The molecule has 8 rings (SSSR count). The van der Waals surface area contributed by atoms with Gasteiger partial charge in [0.2, 0.25) is 0 Å². The molecular formula is C21H24N10O9P2S2. The predicted octanol–water partition coefficient (Wildman–Crippen LogP) is 1.68. The van der Waals surface area contributed by atoms with Crippen LogP contribution in [0.15, 0.2) is 25.3 Å². The van der Waals surface area contributed by atoms with Crippen LogP contribution in [0.25, 0.3) is 22.3 Å². The molecule has 4 aromatic heterocycles. The summed E-state index contributed by atoms with van der Waals surface area (Å²) in [7, 11) is 0. The first kappa shape index (κ1) is 29.0. The minimum Gasteiger partial charge on any atom is -0.382 e. The molecule has 0 radical (unpaired) electrons. The van der Waals surface area contributed by atoms with Crippen molar-refractivity contribution in [3.8, 4) is 0 Å². The van der Waals surface area contributed by atoms with Gasteiger partial charge in [0.15, 0.2) is 35.4 Å². The van der Waals surface area contributed by atoms with E-state index in [9.17, 15) is 9.13 Å². The van der Waals surface area contributed by atoms with Crippen LogP contribution in [0.4, 0.5) is 11.6 Å². The third kappa shape index (κ3) is 4.73. The van der Waals surface area contributed by atoms with Gasteiger partial charge in [-0.15, -0.1) is 0 Å². The van der Waals surface area contributed by atoms with Gasteiger partial charge in [-0.25, -0.2) is 39.0 Å². The van der Waals surface area contributed by atoms with Gasteiger partial charge in [0.25, 0.3) is 0 Å². The van der Waals surface area contributed by atoms with Gasteiger partial charge in [-0.3, -0.25) is 27.2 Å². The van der Waals surface area contributed by atoms with Crippen molar-refractivity contribution >= 4 is 72.1 Å². The number of thiol groups is 2. The maximum atomic E-state index is 13.7. The molecule has 4 fully saturated rings. The van der Waals surface area contributed by atoms with Crippen molar-refractivity contribution in [1.29, 1.82) is 0 Å². The van der Waals surface area contributed by atoms with Crippen molar-refractivity contribution in [3.63, 3.8) is 0 Å². The lowest BCUT2D eigenvalue weighted by atomic mass is 10.0. The summed E-state index contributed by atoms with van der Waals surface area (Å²) < 4.78 is 72.5. The number of hydrogen-bond acceptors (Lipinski definition) is 17. The molecule has 4 aliphatic rings. The fourth-order valence-electron chi connectivity index (χ4n) is 5.89. The molecule has 19 nitrogen and oxygen atoms in total. The van der Waals surface area contributed by atoms with Gasteiger partial charge in [0.1, 0.15) is 47.6 Å². The predicted molar refractivity (Wildman–Crippen MR) is 155 cm³/mol. The Morgan fingerprint density at radius 2 is 1.48 bits per heavy atom. The first-order valence-corrected chi connectivity index (χ1v) is 18.5. The molecule has 8 heterocycles. The van der Waals surface area contributed by atoms with Gasteiger partial charge in [0.05, 0.1) is 38.6 Å². The number of imidazole rings is 2. The third-order valence-corrected chi connectivity index (χ3v) is 11.1. The molecule has 4 aromatic rings. The molecule has 9 atom stereocenters. The monoisotopic (exact) mass is 686 g/mol. The molecule has 4 saturated heterocycles. The summed E-state index contributed by atoms with van der Waals surface area (Å²) in [6.45, 7) is -8.84. The average Bonchev–Trinajstić information content (AvgIpc) is 3.79. The van der Waals surface area contributed by atoms with Crippen molar-refractivity contribution in [2.45, 2.75) is 48.9 Å². The lowest BCUT2D eigenvalue weighted by Gasteiger charge is -2.32. The smallest absolute Gasteiger partial charge is 0.382 e. The lowest BCUT2D eigenvalue weighted by molar-refractivity contribution is -0.182. The summed E-state index contributed by atoms with van der Waals surface area (Å²) in [5.41, 5.74) is 11.9. The van der Waals surface area contributed by atoms with Crippen LogP contribution < -0.4 is 11.5 Å². The Kier molecular flexibility index (Phi) is 6.79. The SMILES string of the molecule is Nc1ncnc2c1ncn2[C@@H]1O[C@@]23CO[C@@H]1[C@@H]2O[P@](=O)(S)OCC1C[C@@H](O[P@@](=O)(S)OC3)[C@H](n2cnc3c(N)ncnc32)O1. The second-order valence-electron chi connectivity index (χ2n) is 10.6. The quantitative estimate of drug-likeness (QED) is 0.173. The fourth-order valence-corrected chi connectivity index (χ4v) is 8.93. The number of anilines is 2. The van der Waals surface area contributed by atoms with Crippen LogP contribution in [0.5, 0.6) is 0 Å². The second kappa shape index (κ2) is 10.3. The van der Waals surface area contributed by atoms with E-state index in [0.717, 1.165) is 0 Å². The molecule has 234 valence electrons. The van der Waals surface area contributed by atoms with E-state index in [1.165, 1.54) is 25.3 Å². The summed E-state index contributed by atoms with van der Waals surface area (Å²) in [4.78, 5) is 25.0. The van der Waals surface area contributed by atoms with E-state index < -0.39 is 56.1 Å². The number of ether oxygens (including phenoxy) is 3. The molecule has 44 heavy (non-hydrogen) atoms. The van der Waals surface area contributed by atoms with Crippen molar-refractivity contribution in [1.82, 2.24) is 39.0 Å². The normalized spacial score (nSPS) is 39.2. The van der Waals surface area contributed by atoms with E-state index in [2.05, 4.69) is 54.4 Å². The molecule has 4 aliphatic heterocycles. The van der Waals surface area contributed by atoms with Gasteiger partial charge in [0, 0.05) is 6.42 Å². The average molecular weight is 687 g/mol. The van der Waals surface area contributed by atoms with E-state index in [-0.39, 0.29) is 37.9 Å². The van der Waals surface area contributed by atoms with Gasteiger partial charge < -0.3 is 25.7 Å². The van der Waals surface area contributed by atoms with Crippen LogP contribution in [0, 0.1) is 0 Å². The summed E-state index contributed by atoms with van der Waals surface area (Å²) in [6, 6.07) is 0. The molecule has 0 aliphatic carbocycles. The second-order valence-corrected chi connectivity index (χ2v) is 16.3. The van der Waals surface area contributed by atoms with Crippen LogP contribution >= 0.6 is 38.1 Å². The molecule has 1 unspecified atom stereocenters. The zero-order valence-electron chi connectivity index (χ0n) is 22.3. The number of nitrogens with two attached hydrogens (primary N) is 2. The number of nitrogens with zero attached hydrogens (tertiary/aromatic N) is 8. The zero-order valence-corrected chi connectivity index (χ0v) is 25.9. The largest absolute Gasteiger partial charge is 0.386 e. The third-order valence-electron chi connectivity index (χ3n) is 7.85. The van der Waals surface area contributed by atoms with Crippen molar-refractivity contribution in [2.75, 3.05) is 31.3 Å². The van der Waals surface area contributed by atoms with Gasteiger partial charge >= 0.3 is 13.6 Å². The summed E-state index contributed by atoms with van der Waals surface area (Å²) in [6.07, 6.45) is 0.376. The Labute approximate surface area is 257 Å². The number of rotatable bonds is 2. The molecule has 0 saturated carbocycles. The number of aromatic nitrogens is 8. The molecule has 4 bridgehead atoms. The molecule has 4 N–H and O–H groups in total. The lowest BCUT2D eigenvalue weighted by Crippen LogP contribution is -2.45. The molecule has 23 heteroatoms. The first-order chi connectivity index (χ1) is 21.0. The minimum absolute atomic E-state index is 0.0654. The van der Waals surface area contributed by atoms with Crippen molar-refractivity contribution < 1.29 is 41.4 Å². The number of nitrogen functional groups attached to an aromatic ring is 2. The number of hydrogen-bond donors (Lipinski definition) is 4. The highest BCUT2D eigenvalue weighted by atomic mass is 32.7. The van der Waals surface area contributed by atoms with Crippen molar-refractivity contribution in [2.24, 2.45) is 0 Å². The van der Waals surface area contributed by atoms with E-state index in [1.54, 1.807) is 9.13 Å². The summed E-state index contributed by atoms with van der Waals surface area (Å²) >= 11 is 8.50. The van der Waals surface area contributed by atoms with E-state index >= 15 is 0 Å². The molecule has 0 aromatic carbocycles. The minimum atomic E-state index is -4.10. The van der Waals surface area contributed by atoms with Gasteiger partial charge in [-0.05, 0) is 0 Å². The fraction of sp³-hybridized carbons (Fsp3) is 0.524. The highest BCUT2D eigenvalue weighted by molar-refractivity contribution is 8.44. The summed E-state index contributed by atoms with van der Waals surface area (Å²) in [5.74, 6) is 0.345. The van der Waals surface area contributed by atoms with Gasteiger partial charge in [-0.1, -0.05) is 24.5 Å². The Morgan fingerprint density at radius 1 is 0.841 bits per heavy atom. The first-order valence-electron chi connectivity index (χ1n) is 13.1. The zero-order chi connectivity index (χ0) is 30.4. The van der Waals surface area contributed by atoms with Gasteiger partial charge in [-0.2, -0.15) is 0 Å². The highest BCUT2D eigenvalue weighted by Crippen LogP contribution is 2.63. The van der Waals surface area contributed by atoms with E-state index in [4.69, 9.17) is 43.8 Å². The van der Waals surface area contributed by atoms with Crippen LogP contribution in [0.2, 0.25) is 0 Å². The summed E-state index contributed by atoms with van der Waals surface area (Å²) in [5, 5.41) is 0.